The van der Waals surface area contributed by atoms with Gasteiger partial charge in [-0.15, -0.1) is 0 Å². The SMILES string of the molecule is F.[B].c1ccccc1. The van der Waals surface area contributed by atoms with Crippen LogP contribution in [0.25, 0.3) is 0 Å². The second-order valence-electron chi connectivity index (χ2n) is 1.15. The predicted molar refractivity (Wildman–Crippen MR) is 34.7 cm³/mol. The Morgan fingerprint density at radius 1 is 0.500 bits per heavy atom. The van der Waals surface area contributed by atoms with Crippen molar-refractivity contribution in [2.45, 2.75) is 0 Å². The van der Waals surface area contributed by atoms with Gasteiger partial charge >= 0.3 is 0 Å². The van der Waals surface area contributed by atoms with Gasteiger partial charge in [0.2, 0.25) is 0 Å². The lowest BCUT2D eigenvalue weighted by Crippen LogP contribution is -1.47. The summed E-state index contributed by atoms with van der Waals surface area (Å²) in [6.07, 6.45) is 0. The topological polar surface area (TPSA) is 0 Å². The minimum absolute atomic E-state index is 0. The lowest BCUT2D eigenvalue weighted by Gasteiger charge is -1.69. The van der Waals surface area contributed by atoms with E-state index >= 15 is 0 Å². The lowest BCUT2D eigenvalue weighted by atomic mass is 10.4. The molecule has 0 nitrogen and oxygen atoms in total. The standard InChI is InChI=1S/C6H6.B.FH/c1-2-4-6-5-3-1;;/h1-6H;;1H. The van der Waals surface area contributed by atoms with E-state index < -0.39 is 0 Å². The van der Waals surface area contributed by atoms with Crippen molar-refractivity contribution >= 4 is 8.41 Å². The normalized spacial score (nSPS) is 6.00. The summed E-state index contributed by atoms with van der Waals surface area (Å²) in [6, 6.07) is 12.0. The molecule has 0 aliphatic carbocycles. The summed E-state index contributed by atoms with van der Waals surface area (Å²) in [5.74, 6) is 0. The summed E-state index contributed by atoms with van der Waals surface area (Å²) in [7, 11) is 0. The first kappa shape index (κ1) is 10.2. The fraction of sp³-hybridized carbons (Fsp3) is 0. The number of halogens is 1. The molecule has 0 heterocycles. The Hall–Kier alpha value is -0.785. The van der Waals surface area contributed by atoms with E-state index in [9.17, 15) is 0 Å². The van der Waals surface area contributed by atoms with Crippen LogP contribution in [0.3, 0.4) is 0 Å². The minimum Gasteiger partial charge on any atom is -0.269 e. The molecule has 1 aromatic rings. The third-order valence-electron chi connectivity index (χ3n) is 0.667. The molecular weight excluding hydrogens is 102 g/mol. The van der Waals surface area contributed by atoms with Crippen molar-refractivity contribution < 1.29 is 4.70 Å². The Balaban J connectivity index is 0. The van der Waals surface area contributed by atoms with Crippen LogP contribution in [0.2, 0.25) is 0 Å². The minimum atomic E-state index is 0. The van der Waals surface area contributed by atoms with Crippen LogP contribution >= 0.6 is 0 Å². The Kier molecular flexibility index (Phi) is 7.96. The van der Waals surface area contributed by atoms with Crippen LogP contribution in [0.4, 0.5) is 4.70 Å². The maximum atomic E-state index is 2.00. The first-order valence-electron chi connectivity index (χ1n) is 2.00. The second kappa shape index (κ2) is 6.21. The summed E-state index contributed by atoms with van der Waals surface area (Å²) in [6.45, 7) is 0. The van der Waals surface area contributed by atoms with Gasteiger partial charge in [-0.2, -0.15) is 0 Å². The van der Waals surface area contributed by atoms with Crippen LogP contribution in [0.5, 0.6) is 0 Å². The number of hydrogen-bond donors (Lipinski definition) is 0. The van der Waals surface area contributed by atoms with E-state index in [-0.39, 0.29) is 13.1 Å². The Labute approximate surface area is 50.5 Å². The Morgan fingerprint density at radius 2 is 0.625 bits per heavy atom. The summed E-state index contributed by atoms with van der Waals surface area (Å²) in [5.41, 5.74) is 0. The third-order valence-corrected chi connectivity index (χ3v) is 0.667. The highest BCUT2D eigenvalue weighted by atomic mass is 19.0. The summed E-state index contributed by atoms with van der Waals surface area (Å²) in [5, 5.41) is 0. The molecule has 41 valence electrons. The van der Waals surface area contributed by atoms with Crippen molar-refractivity contribution in [1.82, 2.24) is 0 Å². The zero-order chi connectivity index (χ0) is 4.24. The molecule has 1 aromatic carbocycles. The highest BCUT2D eigenvalue weighted by molar-refractivity contribution is 5.75. The van der Waals surface area contributed by atoms with Gasteiger partial charge < -0.3 is 0 Å². The lowest BCUT2D eigenvalue weighted by molar-refractivity contribution is 1.11. The van der Waals surface area contributed by atoms with Gasteiger partial charge in [0, 0.05) is 8.41 Å². The fourth-order valence-electron chi connectivity index (χ4n) is 0.385. The Bertz CT molecular complexity index is 80.5. The third kappa shape index (κ3) is 3.41. The van der Waals surface area contributed by atoms with Crippen molar-refractivity contribution in [2.24, 2.45) is 0 Å². The summed E-state index contributed by atoms with van der Waals surface area (Å²) >= 11 is 0. The largest absolute Gasteiger partial charge is 0.269 e. The van der Waals surface area contributed by atoms with Gasteiger partial charge in [0.25, 0.3) is 0 Å². The van der Waals surface area contributed by atoms with Gasteiger partial charge in [0.05, 0.1) is 0 Å². The monoisotopic (exact) mass is 109 g/mol. The van der Waals surface area contributed by atoms with Crippen molar-refractivity contribution in [3.8, 4) is 0 Å². The quantitative estimate of drug-likeness (QED) is 0.442. The maximum absolute atomic E-state index is 2.00. The molecule has 2 heteroatoms. The molecule has 0 atom stereocenters. The van der Waals surface area contributed by atoms with E-state index in [0.29, 0.717) is 0 Å². The van der Waals surface area contributed by atoms with E-state index in [0.717, 1.165) is 0 Å². The molecule has 0 bridgehead atoms. The average molecular weight is 109 g/mol. The van der Waals surface area contributed by atoms with Crippen molar-refractivity contribution in [3.63, 3.8) is 0 Å². The molecule has 0 amide bonds. The van der Waals surface area contributed by atoms with E-state index in [2.05, 4.69) is 0 Å². The molecule has 0 N–H and O–H groups in total. The van der Waals surface area contributed by atoms with E-state index in [1.54, 1.807) is 0 Å². The van der Waals surface area contributed by atoms with Gasteiger partial charge in [0.1, 0.15) is 0 Å². The van der Waals surface area contributed by atoms with Crippen LogP contribution in [0.1, 0.15) is 0 Å². The molecule has 3 radical (unpaired) electrons. The molecular formula is C6H7BF. The van der Waals surface area contributed by atoms with Crippen LogP contribution in [-0.2, 0) is 0 Å². The molecule has 0 spiro atoms. The van der Waals surface area contributed by atoms with Gasteiger partial charge in [-0.25, -0.2) is 0 Å². The van der Waals surface area contributed by atoms with Gasteiger partial charge in [-0.3, -0.25) is 4.70 Å². The summed E-state index contributed by atoms with van der Waals surface area (Å²) in [4.78, 5) is 0. The Morgan fingerprint density at radius 3 is 0.750 bits per heavy atom. The molecule has 0 aliphatic heterocycles. The van der Waals surface area contributed by atoms with Crippen molar-refractivity contribution in [1.29, 1.82) is 0 Å². The highest BCUT2D eigenvalue weighted by Crippen LogP contribution is 1.79. The molecule has 8 heavy (non-hydrogen) atoms. The van der Waals surface area contributed by atoms with Gasteiger partial charge in [-0.05, 0) is 0 Å². The highest BCUT2D eigenvalue weighted by Gasteiger charge is 1.57. The molecule has 1 rings (SSSR count). The van der Waals surface area contributed by atoms with Crippen LogP contribution < -0.4 is 0 Å². The number of rotatable bonds is 0. The fourth-order valence-corrected chi connectivity index (χ4v) is 0.385. The smallest absolute Gasteiger partial charge is 0 e. The second-order valence-corrected chi connectivity index (χ2v) is 1.15. The molecule has 0 saturated heterocycles. The molecule has 0 aromatic heterocycles. The van der Waals surface area contributed by atoms with Crippen LogP contribution in [0.15, 0.2) is 36.4 Å². The summed E-state index contributed by atoms with van der Waals surface area (Å²) < 4.78 is 0. The molecule has 0 unspecified atom stereocenters. The van der Waals surface area contributed by atoms with E-state index in [4.69, 9.17) is 0 Å². The molecule has 0 aliphatic rings. The molecule has 0 fully saturated rings. The zero-order valence-corrected chi connectivity index (χ0v) is 4.45. The van der Waals surface area contributed by atoms with Gasteiger partial charge in [0.15, 0.2) is 0 Å². The van der Waals surface area contributed by atoms with E-state index in [1.165, 1.54) is 0 Å². The van der Waals surface area contributed by atoms with Crippen molar-refractivity contribution in [2.75, 3.05) is 0 Å². The van der Waals surface area contributed by atoms with E-state index in [1.807, 2.05) is 36.4 Å². The number of hydrogen-bond acceptors (Lipinski definition) is 0. The first-order chi connectivity index (χ1) is 3.00. The van der Waals surface area contributed by atoms with Crippen LogP contribution in [0, 0.1) is 0 Å². The van der Waals surface area contributed by atoms with Gasteiger partial charge in [-0.1, -0.05) is 36.4 Å². The molecule has 0 saturated carbocycles. The average Bonchev–Trinajstić information content (AvgIpc) is 1.72. The van der Waals surface area contributed by atoms with Crippen molar-refractivity contribution in [3.05, 3.63) is 36.4 Å². The zero-order valence-electron chi connectivity index (χ0n) is 4.45. The first-order valence-corrected chi connectivity index (χ1v) is 2.00. The maximum Gasteiger partial charge on any atom is 0 e. The number of benzene rings is 1. The van der Waals surface area contributed by atoms with Crippen LogP contribution in [-0.4, -0.2) is 8.41 Å². The predicted octanol–water partition coefficient (Wildman–Crippen LogP) is 1.46.